The molecule has 3 unspecified atom stereocenters. The van der Waals surface area contributed by atoms with Gasteiger partial charge in [0.1, 0.15) is 0 Å². The normalized spacial score (nSPS) is 25.5. The van der Waals surface area contributed by atoms with Gasteiger partial charge in [-0.25, -0.2) is 8.42 Å². The van der Waals surface area contributed by atoms with Crippen LogP contribution in [0.3, 0.4) is 0 Å². The van der Waals surface area contributed by atoms with Gasteiger partial charge in [-0.2, -0.15) is 4.31 Å². The number of hydrogen-bond donors (Lipinski definition) is 1. The van der Waals surface area contributed by atoms with E-state index in [4.69, 9.17) is 0 Å². The average molecular weight is 460 g/mol. The second-order valence-electron chi connectivity index (χ2n) is 9.50. The lowest BCUT2D eigenvalue weighted by atomic mass is 9.76. The predicted octanol–water partition coefficient (Wildman–Crippen LogP) is 4.60. The van der Waals surface area contributed by atoms with Crippen molar-refractivity contribution in [2.45, 2.75) is 23.3 Å². The summed E-state index contributed by atoms with van der Waals surface area (Å²) in [6.45, 7) is 2.63. The van der Waals surface area contributed by atoms with Crippen molar-refractivity contribution in [3.8, 4) is 0 Å². The summed E-state index contributed by atoms with van der Waals surface area (Å²) in [5, 5.41) is 6.31. The van der Waals surface area contributed by atoms with E-state index in [9.17, 15) is 8.42 Å². The molecule has 2 heterocycles. The van der Waals surface area contributed by atoms with Crippen LogP contribution >= 0.6 is 0 Å². The van der Waals surface area contributed by atoms with E-state index < -0.39 is 10.0 Å². The number of rotatable bonds is 3. The van der Waals surface area contributed by atoms with E-state index in [0.29, 0.717) is 23.9 Å². The fourth-order valence-corrected chi connectivity index (χ4v) is 7.20. The molecular weight excluding hydrogens is 430 g/mol. The third-order valence-electron chi connectivity index (χ3n) is 7.59. The van der Waals surface area contributed by atoms with E-state index in [1.165, 1.54) is 16.3 Å². The molecule has 6 rings (SSSR count). The van der Waals surface area contributed by atoms with Crippen LogP contribution in [0.5, 0.6) is 0 Å². The summed E-state index contributed by atoms with van der Waals surface area (Å²) in [6, 6.07) is 20.9. The maximum atomic E-state index is 13.4. The first kappa shape index (κ1) is 20.9. The molecular formula is C27H29N3O2S. The number of anilines is 1. The Labute approximate surface area is 195 Å². The molecule has 0 bridgehead atoms. The van der Waals surface area contributed by atoms with Crippen LogP contribution in [0, 0.1) is 5.92 Å². The zero-order chi connectivity index (χ0) is 22.6. The van der Waals surface area contributed by atoms with E-state index in [2.05, 4.69) is 64.8 Å². The zero-order valence-corrected chi connectivity index (χ0v) is 19.6. The van der Waals surface area contributed by atoms with Crippen molar-refractivity contribution in [1.82, 2.24) is 9.21 Å². The molecule has 1 aliphatic carbocycles. The summed E-state index contributed by atoms with van der Waals surface area (Å²) in [4.78, 5) is 2.58. The van der Waals surface area contributed by atoms with Gasteiger partial charge in [-0.3, -0.25) is 0 Å². The standard InChI is InChI=1S/C27H29N3O2S/c1-29-14-16-30(17-15-29)33(31,32)20-12-13-26-25(18-20)22-9-5-11-24(22)27(28-26)23-10-4-7-19-6-2-3-8-21(19)23/h2-10,12-13,18,22,24,27-28H,11,14-17H2,1H3. The first-order valence-electron chi connectivity index (χ1n) is 11.8. The van der Waals surface area contributed by atoms with E-state index in [1.807, 2.05) is 19.2 Å². The van der Waals surface area contributed by atoms with Gasteiger partial charge in [0, 0.05) is 37.8 Å². The highest BCUT2D eigenvalue weighted by atomic mass is 32.2. The Kier molecular flexibility index (Phi) is 5.05. The molecule has 170 valence electrons. The van der Waals surface area contributed by atoms with Crippen molar-refractivity contribution in [3.05, 3.63) is 83.9 Å². The van der Waals surface area contributed by atoms with Gasteiger partial charge in [-0.05, 0) is 59.5 Å². The number of piperazine rings is 1. The van der Waals surface area contributed by atoms with Gasteiger partial charge < -0.3 is 10.2 Å². The highest BCUT2D eigenvalue weighted by Crippen LogP contribution is 2.51. The molecule has 0 saturated carbocycles. The Morgan fingerprint density at radius 1 is 0.909 bits per heavy atom. The van der Waals surface area contributed by atoms with Crippen molar-refractivity contribution >= 4 is 26.5 Å². The Hall–Kier alpha value is -2.67. The van der Waals surface area contributed by atoms with Gasteiger partial charge in [-0.1, -0.05) is 54.6 Å². The van der Waals surface area contributed by atoms with Gasteiger partial charge in [-0.15, -0.1) is 0 Å². The molecule has 1 N–H and O–H groups in total. The third kappa shape index (κ3) is 3.48. The number of nitrogens with zero attached hydrogens (tertiary/aromatic N) is 2. The molecule has 33 heavy (non-hydrogen) atoms. The van der Waals surface area contributed by atoms with Crippen molar-refractivity contribution < 1.29 is 8.42 Å². The fraction of sp³-hybridized carbons (Fsp3) is 0.333. The van der Waals surface area contributed by atoms with Crippen molar-refractivity contribution in [3.63, 3.8) is 0 Å². The van der Waals surface area contributed by atoms with E-state index in [1.54, 1.807) is 10.4 Å². The monoisotopic (exact) mass is 459 g/mol. The zero-order valence-electron chi connectivity index (χ0n) is 18.8. The summed E-state index contributed by atoms with van der Waals surface area (Å²) in [7, 11) is -1.45. The molecule has 2 aliphatic heterocycles. The second kappa shape index (κ2) is 7.97. The van der Waals surface area contributed by atoms with E-state index in [-0.39, 0.29) is 12.0 Å². The minimum atomic E-state index is -3.49. The van der Waals surface area contributed by atoms with Crippen LogP contribution in [-0.2, 0) is 10.0 Å². The van der Waals surface area contributed by atoms with E-state index >= 15 is 0 Å². The lowest BCUT2D eigenvalue weighted by Crippen LogP contribution is -2.47. The van der Waals surface area contributed by atoms with E-state index in [0.717, 1.165) is 30.8 Å². The largest absolute Gasteiger partial charge is 0.378 e. The number of hydrogen-bond acceptors (Lipinski definition) is 4. The van der Waals surface area contributed by atoms with Gasteiger partial charge >= 0.3 is 0 Å². The molecule has 5 nitrogen and oxygen atoms in total. The van der Waals surface area contributed by atoms with Gasteiger partial charge in [0.05, 0.1) is 10.9 Å². The smallest absolute Gasteiger partial charge is 0.243 e. The quantitative estimate of drug-likeness (QED) is 0.582. The van der Waals surface area contributed by atoms with Crippen molar-refractivity contribution in [2.24, 2.45) is 5.92 Å². The summed E-state index contributed by atoms with van der Waals surface area (Å²) in [5.41, 5.74) is 3.45. The molecule has 0 radical (unpaired) electrons. The maximum Gasteiger partial charge on any atom is 0.243 e. The van der Waals surface area contributed by atoms with Crippen LogP contribution in [-0.4, -0.2) is 50.8 Å². The lowest BCUT2D eigenvalue weighted by molar-refractivity contribution is 0.222. The van der Waals surface area contributed by atoms with Crippen LogP contribution < -0.4 is 5.32 Å². The minimum Gasteiger partial charge on any atom is -0.378 e. The molecule has 3 aliphatic rings. The highest BCUT2D eigenvalue weighted by Gasteiger charge is 2.39. The number of allylic oxidation sites excluding steroid dienone is 2. The highest BCUT2D eigenvalue weighted by molar-refractivity contribution is 7.89. The maximum absolute atomic E-state index is 13.4. The molecule has 1 fully saturated rings. The molecule has 0 aromatic heterocycles. The van der Waals surface area contributed by atoms with Gasteiger partial charge in [0.15, 0.2) is 0 Å². The first-order chi connectivity index (χ1) is 16.0. The van der Waals surface area contributed by atoms with Crippen LogP contribution in [0.15, 0.2) is 77.7 Å². The van der Waals surface area contributed by atoms with Crippen LogP contribution in [0.4, 0.5) is 5.69 Å². The summed E-state index contributed by atoms with van der Waals surface area (Å²) < 4.78 is 28.4. The average Bonchev–Trinajstić information content (AvgIpc) is 3.34. The van der Waals surface area contributed by atoms with Gasteiger partial charge in [0.25, 0.3) is 0 Å². The summed E-state index contributed by atoms with van der Waals surface area (Å²) in [5.74, 6) is 0.581. The van der Waals surface area contributed by atoms with Crippen LogP contribution in [0.1, 0.15) is 29.5 Å². The second-order valence-corrected chi connectivity index (χ2v) is 11.4. The molecule has 3 aromatic rings. The third-order valence-corrected chi connectivity index (χ3v) is 9.49. The summed E-state index contributed by atoms with van der Waals surface area (Å²) >= 11 is 0. The molecule has 3 atom stereocenters. The molecule has 0 amide bonds. The summed E-state index contributed by atoms with van der Waals surface area (Å²) in [6.07, 6.45) is 5.51. The molecule has 3 aromatic carbocycles. The number of fused-ring (bicyclic) bond motifs is 4. The molecule has 6 heteroatoms. The van der Waals surface area contributed by atoms with Crippen LogP contribution in [0.2, 0.25) is 0 Å². The van der Waals surface area contributed by atoms with Crippen molar-refractivity contribution in [2.75, 3.05) is 38.5 Å². The number of likely N-dealkylation sites (N-methyl/N-ethyl adjacent to an activating group) is 1. The Bertz CT molecular complexity index is 1340. The number of sulfonamides is 1. The minimum absolute atomic E-state index is 0.184. The van der Waals surface area contributed by atoms with Crippen molar-refractivity contribution in [1.29, 1.82) is 0 Å². The number of nitrogens with one attached hydrogen (secondary N) is 1. The lowest BCUT2D eigenvalue weighted by Gasteiger charge is -2.38. The molecule has 0 spiro atoms. The van der Waals surface area contributed by atoms with Gasteiger partial charge in [0.2, 0.25) is 10.0 Å². The predicted molar refractivity (Wildman–Crippen MR) is 133 cm³/mol. The number of benzene rings is 3. The topological polar surface area (TPSA) is 52.7 Å². The molecule has 1 saturated heterocycles. The first-order valence-corrected chi connectivity index (χ1v) is 13.2. The Balaban J connectivity index is 1.38. The fourth-order valence-electron chi connectivity index (χ4n) is 5.74. The Morgan fingerprint density at radius 2 is 1.70 bits per heavy atom. The SMILES string of the molecule is CN1CCN(S(=O)(=O)c2ccc3c(c2)C2C=CCC2C(c2cccc4ccccc24)N3)CC1. The van der Waals surface area contributed by atoms with Crippen LogP contribution in [0.25, 0.3) is 10.8 Å². The Morgan fingerprint density at radius 3 is 2.55 bits per heavy atom.